The number of hydrogen-bond donors (Lipinski definition) is 0. The van der Waals surface area contributed by atoms with Crippen molar-refractivity contribution >= 4 is 44.6 Å². The third-order valence-electron chi connectivity index (χ3n) is 3.63. The monoisotopic (exact) mass is 461 g/mol. The lowest BCUT2D eigenvalue weighted by molar-refractivity contribution is 0.0434. The Hall–Kier alpha value is -2.36. The van der Waals surface area contributed by atoms with Crippen molar-refractivity contribution in [2.45, 2.75) is 13.5 Å². The van der Waals surface area contributed by atoms with Gasteiger partial charge < -0.3 is 9.26 Å². The van der Waals surface area contributed by atoms with Crippen molar-refractivity contribution in [3.63, 3.8) is 0 Å². The summed E-state index contributed by atoms with van der Waals surface area (Å²) in [4.78, 5) is 21.6. The van der Waals surface area contributed by atoms with E-state index in [1.807, 2.05) is 41.1 Å². The smallest absolute Gasteiger partial charge is 0.350 e. The van der Waals surface area contributed by atoms with Crippen molar-refractivity contribution in [2.75, 3.05) is 0 Å². The number of aryl methyl sites for hydroxylation is 1. The van der Waals surface area contributed by atoms with Gasteiger partial charge in [0.25, 0.3) is 5.89 Å². The number of thiophene rings is 1. The number of hydrogen-bond acceptors (Lipinski definition) is 8. The molecular weight excluding hydrogens is 450 g/mol. The minimum atomic E-state index is -0.450. The highest BCUT2D eigenvalue weighted by Crippen LogP contribution is 2.30. The quantitative estimate of drug-likeness (QED) is 0.372. The number of aromatic nitrogens is 3. The second-order valence-corrected chi connectivity index (χ2v) is 8.24. The molecule has 0 radical (unpaired) electrons. The Labute approximate surface area is 171 Å². The Kier molecular flexibility index (Phi) is 5.15. The molecule has 27 heavy (non-hydrogen) atoms. The Morgan fingerprint density at radius 3 is 2.93 bits per heavy atom. The van der Waals surface area contributed by atoms with Crippen LogP contribution >= 0.6 is 38.6 Å². The topological polar surface area (TPSA) is 78.1 Å². The Morgan fingerprint density at radius 1 is 1.26 bits per heavy atom. The lowest BCUT2D eigenvalue weighted by atomic mass is 10.2. The second kappa shape index (κ2) is 7.71. The summed E-state index contributed by atoms with van der Waals surface area (Å²) in [6.45, 7) is 1.70. The minimum Gasteiger partial charge on any atom is -0.451 e. The van der Waals surface area contributed by atoms with E-state index < -0.39 is 5.97 Å². The van der Waals surface area contributed by atoms with E-state index >= 15 is 0 Å². The molecule has 0 spiro atoms. The zero-order chi connectivity index (χ0) is 18.8. The molecule has 9 heteroatoms. The molecule has 0 bridgehead atoms. The van der Waals surface area contributed by atoms with Crippen molar-refractivity contribution in [1.82, 2.24) is 15.1 Å². The summed E-state index contributed by atoms with van der Waals surface area (Å²) >= 11 is 6.31. The molecule has 0 aliphatic rings. The first-order valence-corrected chi connectivity index (χ1v) is 10.4. The highest BCUT2D eigenvalue weighted by molar-refractivity contribution is 9.10. The van der Waals surface area contributed by atoms with Crippen LogP contribution < -0.4 is 0 Å². The molecule has 136 valence electrons. The molecule has 4 rings (SSSR count). The maximum absolute atomic E-state index is 12.4. The van der Waals surface area contributed by atoms with Crippen LogP contribution in [-0.2, 0) is 11.3 Å². The van der Waals surface area contributed by atoms with Gasteiger partial charge >= 0.3 is 5.97 Å². The van der Waals surface area contributed by atoms with E-state index in [1.54, 1.807) is 18.3 Å². The molecule has 0 unspecified atom stereocenters. The van der Waals surface area contributed by atoms with Crippen LogP contribution in [0.25, 0.3) is 22.0 Å². The van der Waals surface area contributed by atoms with Gasteiger partial charge in [0, 0.05) is 21.0 Å². The largest absolute Gasteiger partial charge is 0.451 e. The van der Waals surface area contributed by atoms with E-state index in [4.69, 9.17) is 9.26 Å². The molecule has 3 aromatic heterocycles. The van der Waals surface area contributed by atoms with Crippen LogP contribution in [0.3, 0.4) is 0 Å². The van der Waals surface area contributed by atoms with Crippen LogP contribution in [0.1, 0.15) is 21.3 Å². The molecule has 0 saturated carbocycles. The van der Waals surface area contributed by atoms with Crippen LogP contribution in [0.5, 0.6) is 0 Å². The van der Waals surface area contributed by atoms with Gasteiger partial charge in [-0.05, 0) is 30.5 Å². The van der Waals surface area contributed by atoms with Crippen molar-refractivity contribution in [3.8, 4) is 22.0 Å². The number of carbonyl (C=O) groups is 1. The summed E-state index contributed by atoms with van der Waals surface area (Å²) in [5, 5.41) is 8.70. The molecule has 0 amide bonds. The van der Waals surface area contributed by atoms with E-state index in [0.29, 0.717) is 16.4 Å². The van der Waals surface area contributed by atoms with Gasteiger partial charge in [-0.1, -0.05) is 33.2 Å². The molecule has 0 aliphatic heterocycles. The van der Waals surface area contributed by atoms with E-state index in [9.17, 15) is 4.79 Å². The molecule has 4 aromatic rings. The predicted molar refractivity (Wildman–Crippen MR) is 107 cm³/mol. The molecule has 6 nitrogen and oxygen atoms in total. The van der Waals surface area contributed by atoms with Gasteiger partial charge in [0.1, 0.15) is 9.88 Å². The van der Waals surface area contributed by atoms with Crippen LogP contribution in [0.2, 0.25) is 0 Å². The van der Waals surface area contributed by atoms with Crippen molar-refractivity contribution in [2.24, 2.45) is 0 Å². The number of thiazole rings is 1. The lowest BCUT2D eigenvalue weighted by Crippen LogP contribution is -2.05. The molecular formula is C18H12BrN3O3S2. The molecule has 0 saturated heterocycles. The number of nitrogens with zero attached hydrogens (tertiary/aromatic N) is 3. The number of ether oxygens (including phenoxy) is 1. The van der Waals surface area contributed by atoms with Crippen molar-refractivity contribution in [3.05, 3.63) is 62.0 Å². The average molecular weight is 462 g/mol. The summed E-state index contributed by atoms with van der Waals surface area (Å²) in [5.74, 6) is 0.225. The zero-order valence-corrected chi connectivity index (χ0v) is 17.2. The lowest BCUT2D eigenvalue weighted by Gasteiger charge is -1.99. The fourth-order valence-corrected chi connectivity index (χ4v) is 4.42. The van der Waals surface area contributed by atoms with E-state index in [0.717, 1.165) is 20.6 Å². The molecule has 1 aromatic carbocycles. The summed E-state index contributed by atoms with van der Waals surface area (Å²) in [5.41, 5.74) is 2.46. The molecule has 0 atom stereocenters. The van der Waals surface area contributed by atoms with Crippen LogP contribution in [-0.4, -0.2) is 21.1 Å². The van der Waals surface area contributed by atoms with Gasteiger partial charge in [0.05, 0.1) is 5.69 Å². The summed E-state index contributed by atoms with van der Waals surface area (Å²) in [6, 6.07) is 9.52. The number of benzene rings is 1. The Balaban J connectivity index is 1.44. The summed E-state index contributed by atoms with van der Waals surface area (Å²) in [7, 11) is 0. The maximum Gasteiger partial charge on any atom is 0.350 e. The normalized spacial score (nSPS) is 10.9. The van der Waals surface area contributed by atoms with Crippen molar-refractivity contribution in [1.29, 1.82) is 0 Å². The first-order chi connectivity index (χ1) is 13.1. The second-order valence-electron chi connectivity index (χ2n) is 5.54. The van der Waals surface area contributed by atoms with Gasteiger partial charge in [0.15, 0.2) is 6.61 Å². The highest BCUT2D eigenvalue weighted by atomic mass is 79.9. The van der Waals surface area contributed by atoms with Gasteiger partial charge in [-0.2, -0.15) is 16.3 Å². The van der Waals surface area contributed by atoms with Crippen LogP contribution in [0, 0.1) is 6.92 Å². The highest BCUT2D eigenvalue weighted by Gasteiger charge is 2.19. The third kappa shape index (κ3) is 4.00. The standard InChI is InChI=1S/C18H12BrN3O3S2/c1-10-15(27-17(20-10)12-5-6-26-9-12)18(23)24-8-14-21-16(22-25-14)11-3-2-4-13(19)7-11/h2-7,9H,8H2,1H3. The first-order valence-electron chi connectivity index (χ1n) is 7.86. The predicted octanol–water partition coefficient (Wildman–Crippen LogP) is 5.35. The molecule has 0 aliphatic carbocycles. The SMILES string of the molecule is Cc1nc(-c2ccsc2)sc1C(=O)OCc1nc(-c2cccc(Br)c2)no1. The molecule has 0 N–H and O–H groups in total. The summed E-state index contributed by atoms with van der Waals surface area (Å²) < 4.78 is 11.4. The minimum absolute atomic E-state index is 0.0923. The van der Waals surface area contributed by atoms with E-state index in [-0.39, 0.29) is 12.5 Å². The van der Waals surface area contributed by atoms with E-state index in [1.165, 1.54) is 11.3 Å². The molecule has 0 fully saturated rings. The zero-order valence-electron chi connectivity index (χ0n) is 14.0. The average Bonchev–Trinajstić information content (AvgIpc) is 3.40. The third-order valence-corrected chi connectivity index (χ3v) is 5.99. The Bertz CT molecular complexity index is 1090. The fourth-order valence-electron chi connectivity index (χ4n) is 2.35. The van der Waals surface area contributed by atoms with Gasteiger partial charge in [0.2, 0.25) is 5.82 Å². The maximum atomic E-state index is 12.4. The van der Waals surface area contributed by atoms with Crippen LogP contribution in [0.15, 0.2) is 50.1 Å². The number of halogens is 1. The van der Waals surface area contributed by atoms with Crippen molar-refractivity contribution < 1.29 is 14.1 Å². The number of carbonyl (C=O) groups excluding carboxylic acids is 1. The molecule has 3 heterocycles. The van der Waals surface area contributed by atoms with Gasteiger partial charge in [-0.25, -0.2) is 9.78 Å². The van der Waals surface area contributed by atoms with Gasteiger partial charge in [-0.3, -0.25) is 0 Å². The fraction of sp³-hybridized carbons (Fsp3) is 0.111. The van der Waals surface area contributed by atoms with E-state index in [2.05, 4.69) is 31.1 Å². The number of rotatable bonds is 5. The van der Waals surface area contributed by atoms with Crippen LogP contribution in [0.4, 0.5) is 0 Å². The van der Waals surface area contributed by atoms with Gasteiger partial charge in [-0.15, -0.1) is 11.3 Å². The number of esters is 1. The first kappa shape index (κ1) is 18.0. The summed E-state index contributed by atoms with van der Waals surface area (Å²) in [6.07, 6.45) is 0. The Morgan fingerprint density at radius 2 is 2.15 bits per heavy atom.